The van der Waals surface area contributed by atoms with Crippen LogP contribution in [0.4, 0.5) is 0 Å². The van der Waals surface area contributed by atoms with Crippen molar-refractivity contribution in [2.45, 2.75) is 65.5 Å². The minimum absolute atomic E-state index is 0.220. The van der Waals surface area contributed by atoms with E-state index in [4.69, 9.17) is 4.74 Å². The minimum Gasteiger partial charge on any atom is -0.475 e. The second-order valence-electron chi connectivity index (χ2n) is 8.84. The zero-order valence-electron chi connectivity index (χ0n) is 16.7. The molecular formula is C22H29N3O2. The molecule has 2 aliphatic rings. The number of aromatic amines is 1. The average Bonchev–Trinajstić information content (AvgIpc) is 3.34. The van der Waals surface area contributed by atoms with E-state index in [0.29, 0.717) is 24.6 Å². The van der Waals surface area contributed by atoms with E-state index in [0.717, 1.165) is 36.9 Å². The van der Waals surface area contributed by atoms with Gasteiger partial charge in [0.25, 0.3) is 0 Å². The van der Waals surface area contributed by atoms with Crippen molar-refractivity contribution in [3.05, 3.63) is 35.4 Å². The van der Waals surface area contributed by atoms with E-state index in [2.05, 4.69) is 47.1 Å². The van der Waals surface area contributed by atoms with Crippen LogP contribution < -0.4 is 4.74 Å². The summed E-state index contributed by atoms with van der Waals surface area (Å²) < 4.78 is 5.92. The van der Waals surface area contributed by atoms with Crippen molar-refractivity contribution in [3.8, 4) is 17.1 Å². The zero-order valence-corrected chi connectivity index (χ0v) is 16.7. The molecular weight excluding hydrogens is 338 g/mol. The Balaban J connectivity index is 1.42. The van der Waals surface area contributed by atoms with Gasteiger partial charge in [-0.1, -0.05) is 17.2 Å². The largest absolute Gasteiger partial charge is 0.475 e. The summed E-state index contributed by atoms with van der Waals surface area (Å²) in [6, 6.07) is 9.21. The molecule has 1 aromatic carbocycles. The first-order chi connectivity index (χ1) is 12.8. The summed E-state index contributed by atoms with van der Waals surface area (Å²) in [5.74, 6) is 0.756. The molecule has 0 atom stereocenters. The highest BCUT2D eigenvalue weighted by Gasteiger charge is 2.46. The number of fused-ring (bicyclic) bond motifs is 2. The maximum atomic E-state index is 13.1. The predicted molar refractivity (Wildman–Crippen MR) is 106 cm³/mol. The second kappa shape index (κ2) is 6.70. The van der Waals surface area contributed by atoms with Gasteiger partial charge in [-0.25, -0.2) is 0 Å². The summed E-state index contributed by atoms with van der Waals surface area (Å²) in [5, 5.41) is 7.33. The van der Waals surface area contributed by atoms with Gasteiger partial charge in [0.1, 0.15) is 6.61 Å². The van der Waals surface area contributed by atoms with E-state index in [1.54, 1.807) is 0 Å². The van der Waals surface area contributed by atoms with Crippen molar-refractivity contribution >= 4 is 5.91 Å². The number of benzene rings is 1. The Labute approximate surface area is 161 Å². The van der Waals surface area contributed by atoms with E-state index < -0.39 is 5.41 Å². The summed E-state index contributed by atoms with van der Waals surface area (Å²) in [5.41, 5.74) is 3.91. The smallest absolute Gasteiger partial charge is 0.233 e. The van der Waals surface area contributed by atoms with Gasteiger partial charge in [0, 0.05) is 23.7 Å². The quantitative estimate of drug-likeness (QED) is 0.859. The van der Waals surface area contributed by atoms with Crippen LogP contribution in [0.5, 0.6) is 5.88 Å². The lowest BCUT2D eigenvalue weighted by Gasteiger charge is -2.32. The van der Waals surface area contributed by atoms with Crippen molar-refractivity contribution in [1.82, 2.24) is 15.1 Å². The van der Waals surface area contributed by atoms with E-state index >= 15 is 0 Å². The number of H-pyrrole nitrogens is 1. The fourth-order valence-electron chi connectivity index (χ4n) is 4.57. The third-order valence-corrected chi connectivity index (χ3v) is 5.93. The summed E-state index contributed by atoms with van der Waals surface area (Å²) in [7, 11) is 0. The number of carbonyl (C=O) groups is 1. The minimum atomic E-state index is -0.551. The number of rotatable bonds is 5. The molecule has 2 bridgehead atoms. The van der Waals surface area contributed by atoms with Crippen LogP contribution in [0.1, 0.15) is 50.7 Å². The van der Waals surface area contributed by atoms with Crippen LogP contribution in [0, 0.1) is 19.3 Å². The molecule has 5 heteroatoms. The third kappa shape index (κ3) is 3.47. The first-order valence-electron chi connectivity index (χ1n) is 9.93. The van der Waals surface area contributed by atoms with Crippen LogP contribution in [0.15, 0.2) is 24.3 Å². The Bertz CT molecular complexity index is 815. The van der Waals surface area contributed by atoms with E-state index in [-0.39, 0.29) is 5.91 Å². The fourth-order valence-corrected chi connectivity index (χ4v) is 4.57. The molecule has 5 nitrogen and oxygen atoms in total. The molecule has 2 aliphatic heterocycles. The molecule has 2 aromatic rings. The monoisotopic (exact) mass is 367 g/mol. The molecule has 3 heterocycles. The Morgan fingerprint density at radius 3 is 2.30 bits per heavy atom. The Hall–Kier alpha value is -2.30. The molecule has 0 spiro atoms. The molecule has 1 amide bonds. The van der Waals surface area contributed by atoms with Gasteiger partial charge in [0.05, 0.1) is 11.1 Å². The van der Waals surface area contributed by atoms with Crippen molar-refractivity contribution < 1.29 is 9.53 Å². The van der Waals surface area contributed by atoms with E-state index in [9.17, 15) is 4.79 Å². The van der Waals surface area contributed by atoms with Crippen molar-refractivity contribution in [1.29, 1.82) is 0 Å². The predicted octanol–water partition coefficient (Wildman–Crippen LogP) is 4.25. The Morgan fingerprint density at radius 1 is 1.11 bits per heavy atom. The number of amides is 1. The summed E-state index contributed by atoms with van der Waals surface area (Å²) in [6.07, 6.45) is 4.63. The number of carbonyl (C=O) groups excluding carboxylic acids is 1. The molecule has 0 radical (unpaired) electrons. The first-order valence-corrected chi connectivity index (χ1v) is 9.93. The van der Waals surface area contributed by atoms with Gasteiger partial charge in [-0.15, -0.1) is 5.10 Å². The average molecular weight is 367 g/mol. The molecule has 1 aromatic heterocycles. The molecule has 0 aliphatic carbocycles. The van der Waals surface area contributed by atoms with Crippen LogP contribution in [-0.2, 0) is 4.79 Å². The summed E-state index contributed by atoms with van der Waals surface area (Å²) in [4.78, 5) is 15.2. The molecule has 2 fully saturated rings. The highest BCUT2D eigenvalue weighted by molar-refractivity contribution is 5.83. The lowest BCUT2D eigenvalue weighted by Crippen LogP contribution is -2.46. The van der Waals surface area contributed by atoms with Crippen molar-refractivity contribution in [2.24, 2.45) is 5.41 Å². The normalized spacial score (nSPS) is 21.7. The van der Waals surface area contributed by atoms with Gasteiger partial charge in [-0.2, -0.15) is 0 Å². The number of aromatic nitrogens is 2. The standard InChI is InChI=1S/C22H29N3O2/c1-14-9-15(2)11-16(10-14)19-12-20(24-23-19)27-13-22(3,4)21(26)25-17-5-6-18(25)8-7-17/h9-12,17-18H,5-8,13H2,1-4H3,(H,23,24). The third-order valence-electron chi connectivity index (χ3n) is 5.93. The number of nitrogens with one attached hydrogen (secondary N) is 1. The molecule has 0 saturated carbocycles. The number of nitrogens with zero attached hydrogens (tertiary/aromatic N) is 2. The highest BCUT2D eigenvalue weighted by Crippen LogP contribution is 2.40. The van der Waals surface area contributed by atoms with Gasteiger partial charge >= 0.3 is 0 Å². The van der Waals surface area contributed by atoms with Crippen LogP contribution in [-0.4, -0.2) is 39.7 Å². The Kier molecular flexibility index (Phi) is 4.49. The van der Waals surface area contributed by atoms with Crippen LogP contribution >= 0.6 is 0 Å². The molecule has 4 rings (SSSR count). The van der Waals surface area contributed by atoms with Gasteiger partial charge < -0.3 is 9.64 Å². The maximum absolute atomic E-state index is 13.1. The fraction of sp³-hybridized carbons (Fsp3) is 0.545. The van der Waals surface area contributed by atoms with Crippen LogP contribution in [0.2, 0.25) is 0 Å². The van der Waals surface area contributed by atoms with Gasteiger partial charge in [-0.3, -0.25) is 9.89 Å². The number of hydrogen-bond acceptors (Lipinski definition) is 3. The maximum Gasteiger partial charge on any atom is 0.233 e. The number of hydrogen-bond donors (Lipinski definition) is 1. The number of ether oxygens (including phenoxy) is 1. The highest BCUT2D eigenvalue weighted by atomic mass is 16.5. The van der Waals surface area contributed by atoms with E-state index in [1.807, 2.05) is 19.9 Å². The Morgan fingerprint density at radius 2 is 1.70 bits per heavy atom. The topological polar surface area (TPSA) is 58.2 Å². The summed E-state index contributed by atoms with van der Waals surface area (Å²) in [6.45, 7) is 8.46. The molecule has 0 unspecified atom stereocenters. The van der Waals surface area contributed by atoms with Crippen LogP contribution in [0.25, 0.3) is 11.3 Å². The van der Waals surface area contributed by atoms with E-state index in [1.165, 1.54) is 11.1 Å². The second-order valence-corrected chi connectivity index (χ2v) is 8.84. The lowest BCUT2D eigenvalue weighted by atomic mass is 9.92. The van der Waals surface area contributed by atoms with Crippen LogP contribution in [0.3, 0.4) is 0 Å². The van der Waals surface area contributed by atoms with Crippen molar-refractivity contribution in [3.63, 3.8) is 0 Å². The number of aryl methyl sites for hydroxylation is 2. The summed E-state index contributed by atoms with van der Waals surface area (Å²) >= 11 is 0. The molecule has 27 heavy (non-hydrogen) atoms. The molecule has 1 N–H and O–H groups in total. The molecule has 144 valence electrons. The zero-order chi connectivity index (χ0) is 19.2. The first kappa shape index (κ1) is 18.1. The van der Waals surface area contributed by atoms with Gasteiger partial charge in [-0.05, 0) is 65.5 Å². The van der Waals surface area contributed by atoms with Gasteiger partial charge in [0.15, 0.2) is 0 Å². The molecule has 2 saturated heterocycles. The lowest BCUT2D eigenvalue weighted by molar-refractivity contribution is -0.143. The van der Waals surface area contributed by atoms with Gasteiger partial charge in [0.2, 0.25) is 11.8 Å². The SMILES string of the molecule is Cc1cc(C)cc(-c2cc(OCC(C)(C)C(=O)N3C4CCC3CC4)n[nH]2)c1. The van der Waals surface area contributed by atoms with Crippen molar-refractivity contribution in [2.75, 3.05) is 6.61 Å².